The highest BCUT2D eigenvalue weighted by atomic mass is 16.6. The summed E-state index contributed by atoms with van der Waals surface area (Å²) in [6, 6.07) is 0. The summed E-state index contributed by atoms with van der Waals surface area (Å²) in [6.07, 6.45) is -1.84. The normalized spacial score (nSPS) is 31.5. The topological polar surface area (TPSA) is 141 Å². The van der Waals surface area contributed by atoms with Crippen LogP contribution in [0.4, 0.5) is 0 Å². The molecule has 0 spiro atoms. The molecule has 2 aromatic rings. The van der Waals surface area contributed by atoms with Crippen molar-refractivity contribution in [1.82, 2.24) is 18.7 Å². The van der Waals surface area contributed by atoms with Crippen LogP contribution in [-0.4, -0.2) is 77.2 Å². The summed E-state index contributed by atoms with van der Waals surface area (Å²) in [7, 11) is 2.89. The smallest absolute Gasteiger partial charge is 0.332 e. The van der Waals surface area contributed by atoms with Crippen LogP contribution in [0.2, 0.25) is 0 Å². The van der Waals surface area contributed by atoms with Crippen LogP contribution in [0.5, 0.6) is 0 Å². The van der Waals surface area contributed by atoms with Crippen molar-refractivity contribution in [2.45, 2.75) is 43.0 Å². The fraction of sp³-hybridized carbons (Fsp3) is 0.688. The Labute approximate surface area is 153 Å². The zero-order chi connectivity index (χ0) is 19.5. The number of ether oxygens (including phenoxy) is 2. The van der Waals surface area contributed by atoms with E-state index in [0.29, 0.717) is 0 Å². The van der Waals surface area contributed by atoms with Gasteiger partial charge in [0.1, 0.15) is 23.9 Å². The Bertz CT molecular complexity index is 995. The lowest BCUT2D eigenvalue weighted by Crippen LogP contribution is -2.46. The molecule has 0 aliphatic carbocycles. The van der Waals surface area contributed by atoms with E-state index in [-0.39, 0.29) is 37.3 Å². The van der Waals surface area contributed by atoms with E-state index >= 15 is 0 Å². The molecule has 27 heavy (non-hydrogen) atoms. The maximum atomic E-state index is 12.4. The number of hydrogen-bond donors (Lipinski definition) is 3. The van der Waals surface area contributed by atoms with Crippen LogP contribution >= 0.6 is 0 Å². The first-order valence-electron chi connectivity index (χ1n) is 8.65. The highest BCUT2D eigenvalue weighted by Gasteiger charge is 2.56. The standard InChI is InChI=1S/C16H22N4O7/c1-18-13-10(14(23)19(2)15(18)24)20(7-17-13)4-8(21)3-16(25)6-27-11-9(22)5-26-12(11)16/h7-9,11-12,21-22,25H,3-6H2,1-2H3/t8?,9-,11-,12+,16+/m1/s1. The van der Waals surface area contributed by atoms with Gasteiger partial charge in [-0.3, -0.25) is 13.9 Å². The second-order valence-corrected chi connectivity index (χ2v) is 7.33. The molecule has 148 valence electrons. The molecule has 2 aromatic heterocycles. The molecule has 2 aliphatic heterocycles. The molecule has 2 saturated heterocycles. The summed E-state index contributed by atoms with van der Waals surface area (Å²) >= 11 is 0. The fourth-order valence-corrected chi connectivity index (χ4v) is 3.99. The molecule has 4 heterocycles. The number of aliphatic hydroxyl groups excluding tert-OH is 2. The number of aromatic nitrogens is 4. The van der Waals surface area contributed by atoms with E-state index in [1.54, 1.807) is 0 Å². The number of hydrogen-bond acceptors (Lipinski definition) is 8. The van der Waals surface area contributed by atoms with E-state index in [4.69, 9.17) is 9.47 Å². The number of rotatable bonds is 4. The molecule has 5 atom stereocenters. The van der Waals surface area contributed by atoms with Crippen LogP contribution in [-0.2, 0) is 30.1 Å². The molecular formula is C16H22N4O7. The Morgan fingerprint density at radius 1 is 1.33 bits per heavy atom. The minimum Gasteiger partial charge on any atom is -0.391 e. The lowest BCUT2D eigenvalue weighted by molar-refractivity contribution is -0.0932. The van der Waals surface area contributed by atoms with E-state index in [0.717, 1.165) is 4.57 Å². The van der Waals surface area contributed by atoms with Crippen molar-refractivity contribution in [3.8, 4) is 0 Å². The molecule has 0 saturated carbocycles. The van der Waals surface area contributed by atoms with E-state index in [1.165, 1.54) is 29.6 Å². The summed E-state index contributed by atoms with van der Waals surface area (Å²) < 4.78 is 14.6. The molecule has 4 rings (SSSR count). The molecule has 2 fully saturated rings. The average Bonchev–Trinajstić information content (AvgIpc) is 3.28. The molecule has 1 unspecified atom stereocenters. The van der Waals surface area contributed by atoms with Gasteiger partial charge in [0.15, 0.2) is 11.2 Å². The number of aliphatic hydroxyl groups is 3. The summed E-state index contributed by atoms with van der Waals surface area (Å²) in [6.45, 7) is 0.00750. The van der Waals surface area contributed by atoms with Gasteiger partial charge in [0.2, 0.25) is 0 Å². The van der Waals surface area contributed by atoms with Gasteiger partial charge in [-0.15, -0.1) is 0 Å². The molecule has 11 nitrogen and oxygen atoms in total. The maximum absolute atomic E-state index is 12.4. The van der Waals surface area contributed by atoms with Gasteiger partial charge in [0.25, 0.3) is 5.56 Å². The van der Waals surface area contributed by atoms with Gasteiger partial charge in [0, 0.05) is 20.5 Å². The lowest BCUT2D eigenvalue weighted by Gasteiger charge is -2.29. The molecule has 0 bridgehead atoms. The van der Waals surface area contributed by atoms with Crippen LogP contribution in [0.25, 0.3) is 11.2 Å². The minimum atomic E-state index is -1.43. The largest absolute Gasteiger partial charge is 0.391 e. The Hall–Kier alpha value is -2.05. The highest BCUT2D eigenvalue weighted by Crippen LogP contribution is 2.37. The Kier molecular flexibility index (Phi) is 4.24. The fourth-order valence-electron chi connectivity index (χ4n) is 3.99. The van der Waals surface area contributed by atoms with Gasteiger partial charge in [0.05, 0.1) is 32.2 Å². The minimum absolute atomic E-state index is 0.00774. The Morgan fingerprint density at radius 3 is 2.81 bits per heavy atom. The number of fused-ring (bicyclic) bond motifs is 2. The van der Waals surface area contributed by atoms with E-state index in [2.05, 4.69) is 4.98 Å². The van der Waals surface area contributed by atoms with Gasteiger partial charge in [-0.1, -0.05) is 0 Å². The van der Waals surface area contributed by atoms with Crippen LogP contribution in [0.3, 0.4) is 0 Å². The molecular weight excluding hydrogens is 360 g/mol. The second-order valence-electron chi connectivity index (χ2n) is 7.33. The van der Waals surface area contributed by atoms with Crippen LogP contribution in [0.1, 0.15) is 6.42 Å². The van der Waals surface area contributed by atoms with Gasteiger partial charge < -0.3 is 29.4 Å². The number of nitrogens with zero attached hydrogens (tertiary/aromatic N) is 4. The summed E-state index contributed by atoms with van der Waals surface area (Å²) in [5.74, 6) is 0. The Balaban J connectivity index is 1.58. The molecule has 0 amide bonds. The summed E-state index contributed by atoms with van der Waals surface area (Å²) in [4.78, 5) is 28.5. The second kappa shape index (κ2) is 6.24. The van der Waals surface area contributed by atoms with Gasteiger partial charge >= 0.3 is 5.69 Å². The van der Waals surface area contributed by atoms with Crippen molar-refractivity contribution in [2.75, 3.05) is 13.2 Å². The number of imidazole rings is 1. The first-order chi connectivity index (χ1) is 12.7. The zero-order valence-corrected chi connectivity index (χ0v) is 15.0. The highest BCUT2D eigenvalue weighted by molar-refractivity contribution is 5.69. The van der Waals surface area contributed by atoms with Crippen molar-refractivity contribution < 1.29 is 24.8 Å². The van der Waals surface area contributed by atoms with Crippen molar-refractivity contribution in [3.63, 3.8) is 0 Å². The third-order valence-electron chi connectivity index (χ3n) is 5.39. The Morgan fingerprint density at radius 2 is 2.07 bits per heavy atom. The predicted octanol–water partition coefficient (Wildman–Crippen LogP) is -2.93. The molecule has 0 radical (unpaired) electrons. The molecule has 3 N–H and O–H groups in total. The first kappa shape index (κ1) is 18.3. The molecule has 11 heteroatoms. The van der Waals surface area contributed by atoms with Crippen LogP contribution in [0, 0.1) is 0 Å². The van der Waals surface area contributed by atoms with Crippen molar-refractivity contribution in [1.29, 1.82) is 0 Å². The van der Waals surface area contributed by atoms with Gasteiger partial charge in [-0.2, -0.15) is 0 Å². The third-order valence-corrected chi connectivity index (χ3v) is 5.39. The van der Waals surface area contributed by atoms with E-state index < -0.39 is 41.3 Å². The van der Waals surface area contributed by atoms with Crippen LogP contribution < -0.4 is 11.2 Å². The van der Waals surface area contributed by atoms with Gasteiger partial charge in [-0.25, -0.2) is 9.78 Å². The first-order valence-corrected chi connectivity index (χ1v) is 8.65. The van der Waals surface area contributed by atoms with Crippen molar-refractivity contribution >= 4 is 11.2 Å². The molecule has 0 aromatic carbocycles. The predicted molar refractivity (Wildman–Crippen MR) is 91.3 cm³/mol. The average molecular weight is 382 g/mol. The quantitative estimate of drug-likeness (QED) is 0.511. The lowest BCUT2D eigenvalue weighted by atomic mass is 9.90. The summed E-state index contributed by atoms with van der Waals surface area (Å²) in [5, 5.41) is 31.1. The van der Waals surface area contributed by atoms with E-state index in [1.807, 2.05) is 0 Å². The maximum Gasteiger partial charge on any atom is 0.332 e. The van der Waals surface area contributed by atoms with Gasteiger partial charge in [-0.05, 0) is 0 Å². The SMILES string of the molecule is Cn1c(=O)c2c(ncn2CC(O)C[C@]2(O)CO[C@@H]3[C@H](O)CO[C@@H]32)n(C)c1=O. The third kappa shape index (κ3) is 2.74. The summed E-state index contributed by atoms with van der Waals surface area (Å²) in [5.41, 5.74) is -2.02. The monoisotopic (exact) mass is 382 g/mol. The van der Waals surface area contributed by atoms with Crippen LogP contribution in [0.15, 0.2) is 15.9 Å². The molecule has 2 aliphatic rings. The zero-order valence-electron chi connectivity index (χ0n) is 15.0. The van der Waals surface area contributed by atoms with Crippen molar-refractivity contribution in [3.05, 3.63) is 27.2 Å². The van der Waals surface area contributed by atoms with E-state index in [9.17, 15) is 24.9 Å². The number of aryl methyl sites for hydroxylation is 1. The van der Waals surface area contributed by atoms with Crippen molar-refractivity contribution in [2.24, 2.45) is 14.1 Å².